The van der Waals surface area contributed by atoms with Crippen LogP contribution in [0.3, 0.4) is 0 Å². The number of halogens is 1. The second-order valence-corrected chi connectivity index (χ2v) is 4.12. The highest BCUT2D eigenvalue weighted by atomic mass is 19.1. The van der Waals surface area contributed by atoms with Gasteiger partial charge in [0.15, 0.2) is 0 Å². The van der Waals surface area contributed by atoms with Crippen LogP contribution in [0.1, 0.15) is 23.8 Å². The first-order valence-corrected chi connectivity index (χ1v) is 5.93. The van der Waals surface area contributed by atoms with Gasteiger partial charge in [-0.1, -0.05) is 12.1 Å². The van der Waals surface area contributed by atoms with Crippen molar-refractivity contribution in [2.45, 2.75) is 26.3 Å². The van der Waals surface area contributed by atoms with Crippen LogP contribution in [0.2, 0.25) is 0 Å². The molecule has 19 heavy (non-hydrogen) atoms. The van der Waals surface area contributed by atoms with Crippen LogP contribution in [-0.2, 0) is 17.8 Å². The number of rotatable bonds is 5. The summed E-state index contributed by atoms with van der Waals surface area (Å²) in [7, 11) is 0. The van der Waals surface area contributed by atoms with E-state index in [0.717, 1.165) is 5.56 Å². The van der Waals surface area contributed by atoms with E-state index in [1.807, 2.05) is 0 Å². The Balaban J connectivity index is 1.74. The Morgan fingerprint density at radius 2 is 2.05 bits per heavy atom. The summed E-state index contributed by atoms with van der Waals surface area (Å²) in [6, 6.07) is 6.00. The fraction of sp³-hybridized carbons (Fsp3) is 0.308. The minimum absolute atomic E-state index is 0.111. The standard InChI is InChI=1S/C13H14FN3O2/c1-9-16-17-13(19-9)7-6-12(18)15-8-10-2-4-11(14)5-3-10/h2-5H,6-8H2,1H3,(H,15,18). The smallest absolute Gasteiger partial charge is 0.220 e. The molecule has 0 saturated carbocycles. The molecule has 0 aliphatic carbocycles. The van der Waals surface area contributed by atoms with Crippen molar-refractivity contribution in [2.24, 2.45) is 0 Å². The van der Waals surface area contributed by atoms with Crippen LogP contribution in [0.25, 0.3) is 0 Å². The molecule has 1 aromatic carbocycles. The molecule has 6 heteroatoms. The Bertz CT molecular complexity index is 551. The Kier molecular flexibility index (Phi) is 4.22. The van der Waals surface area contributed by atoms with Gasteiger partial charge in [0, 0.05) is 26.3 Å². The Labute approximate surface area is 109 Å². The van der Waals surface area contributed by atoms with E-state index in [2.05, 4.69) is 15.5 Å². The molecule has 1 N–H and O–H groups in total. The molecule has 0 saturated heterocycles. The molecule has 1 amide bonds. The predicted molar refractivity (Wildman–Crippen MR) is 65.6 cm³/mol. The van der Waals surface area contributed by atoms with Gasteiger partial charge in [-0.05, 0) is 17.7 Å². The van der Waals surface area contributed by atoms with Crippen molar-refractivity contribution < 1.29 is 13.6 Å². The van der Waals surface area contributed by atoms with Gasteiger partial charge in [0.05, 0.1) is 0 Å². The second kappa shape index (κ2) is 6.08. The van der Waals surface area contributed by atoms with Gasteiger partial charge in [0.1, 0.15) is 5.82 Å². The lowest BCUT2D eigenvalue weighted by Crippen LogP contribution is -2.23. The summed E-state index contributed by atoms with van der Waals surface area (Å²) < 4.78 is 17.9. The van der Waals surface area contributed by atoms with E-state index in [9.17, 15) is 9.18 Å². The Morgan fingerprint density at radius 1 is 1.32 bits per heavy atom. The SMILES string of the molecule is Cc1nnc(CCC(=O)NCc2ccc(F)cc2)o1. The predicted octanol–water partition coefficient (Wildman–Crippen LogP) is 1.77. The molecule has 0 unspecified atom stereocenters. The van der Waals surface area contributed by atoms with Gasteiger partial charge in [-0.15, -0.1) is 10.2 Å². The molecular weight excluding hydrogens is 249 g/mol. The van der Waals surface area contributed by atoms with Gasteiger partial charge in [-0.3, -0.25) is 4.79 Å². The van der Waals surface area contributed by atoms with Crippen LogP contribution in [0.5, 0.6) is 0 Å². The average molecular weight is 263 g/mol. The molecular formula is C13H14FN3O2. The van der Waals surface area contributed by atoms with E-state index < -0.39 is 0 Å². The summed E-state index contributed by atoms with van der Waals surface area (Å²) in [6.45, 7) is 2.08. The molecule has 0 aliphatic rings. The number of carbonyl (C=O) groups is 1. The van der Waals surface area contributed by atoms with Crippen LogP contribution in [0, 0.1) is 12.7 Å². The molecule has 0 spiro atoms. The maximum absolute atomic E-state index is 12.7. The van der Waals surface area contributed by atoms with Crippen LogP contribution >= 0.6 is 0 Å². The number of nitrogens with zero attached hydrogens (tertiary/aromatic N) is 2. The fourth-order valence-electron chi connectivity index (χ4n) is 1.55. The van der Waals surface area contributed by atoms with Gasteiger partial charge in [0.2, 0.25) is 17.7 Å². The van der Waals surface area contributed by atoms with Gasteiger partial charge in [-0.25, -0.2) is 4.39 Å². The fourth-order valence-corrected chi connectivity index (χ4v) is 1.55. The van der Waals surface area contributed by atoms with Crippen molar-refractivity contribution in [1.82, 2.24) is 15.5 Å². The van der Waals surface area contributed by atoms with E-state index in [0.29, 0.717) is 24.7 Å². The zero-order valence-electron chi connectivity index (χ0n) is 10.5. The molecule has 0 aliphatic heterocycles. The lowest BCUT2D eigenvalue weighted by Gasteiger charge is -2.04. The summed E-state index contributed by atoms with van der Waals surface area (Å²) in [6.07, 6.45) is 0.693. The van der Waals surface area contributed by atoms with Gasteiger partial charge < -0.3 is 9.73 Å². The maximum atomic E-state index is 12.7. The number of amides is 1. The third-order valence-corrected chi connectivity index (χ3v) is 2.54. The third-order valence-electron chi connectivity index (χ3n) is 2.54. The molecule has 0 fully saturated rings. The molecule has 1 aromatic heterocycles. The number of nitrogens with one attached hydrogen (secondary N) is 1. The zero-order valence-corrected chi connectivity index (χ0v) is 10.5. The monoisotopic (exact) mass is 263 g/mol. The van der Waals surface area contributed by atoms with Gasteiger partial charge >= 0.3 is 0 Å². The summed E-state index contributed by atoms with van der Waals surface area (Å²) in [5.41, 5.74) is 0.850. The molecule has 0 radical (unpaired) electrons. The van der Waals surface area contributed by atoms with Crippen LogP contribution < -0.4 is 5.32 Å². The van der Waals surface area contributed by atoms with E-state index in [1.54, 1.807) is 19.1 Å². The molecule has 1 heterocycles. The molecule has 2 aromatic rings. The van der Waals surface area contributed by atoms with Crippen molar-refractivity contribution in [1.29, 1.82) is 0 Å². The van der Waals surface area contributed by atoms with Crippen molar-refractivity contribution in [3.05, 3.63) is 47.4 Å². The van der Waals surface area contributed by atoms with E-state index in [-0.39, 0.29) is 18.1 Å². The summed E-state index contributed by atoms with van der Waals surface area (Å²) in [5, 5.41) is 10.2. The minimum Gasteiger partial charge on any atom is -0.426 e. The second-order valence-electron chi connectivity index (χ2n) is 4.12. The van der Waals surface area contributed by atoms with E-state index in [1.165, 1.54) is 12.1 Å². The molecule has 2 rings (SSSR count). The number of hydrogen-bond acceptors (Lipinski definition) is 4. The van der Waals surface area contributed by atoms with Crippen molar-refractivity contribution in [3.8, 4) is 0 Å². The van der Waals surface area contributed by atoms with Crippen LogP contribution in [0.4, 0.5) is 4.39 Å². The van der Waals surface area contributed by atoms with Crippen molar-refractivity contribution >= 4 is 5.91 Å². The number of carbonyl (C=O) groups excluding carboxylic acids is 1. The third kappa shape index (κ3) is 4.17. The van der Waals surface area contributed by atoms with Crippen LogP contribution in [-0.4, -0.2) is 16.1 Å². The molecule has 0 bridgehead atoms. The maximum Gasteiger partial charge on any atom is 0.220 e. The lowest BCUT2D eigenvalue weighted by atomic mass is 10.2. The van der Waals surface area contributed by atoms with Crippen molar-refractivity contribution in [3.63, 3.8) is 0 Å². The lowest BCUT2D eigenvalue weighted by molar-refractivity contribution is -0.121. The number of aryl methyl sites for hydroxylation is 2. The normalized spacial score (nSPS) is 10.4. The van der Waals surface area contributed by atoms with Crippen LogP contribution in [0.15, 0.2) is 28.7 Å². The molecule has 5 nitrogen and oxygen atoms in total. The highest BCUT2D eigenvalue weighted by molar-refractivity contribution is 5.75. The van der Waals surface area contributed by atoms with Gasteiger partial charge in [-0.2, -0.15) is 0 Å². The minimum atomic E-state index is -0.290. The summed E-state index contributed by atoms with van der Waals surface area (Å²) in [4.78, 5) is 11.6. The highest BCUT2D eigenvalue weighted by Crippen LogP contribution is 2.03. The zero-order chi connectivity index (χ0) is 13.7. The number of benzene rings is 1. The molecule has 100 valence electrons. The van der Waals surface area contributed by atoms with E-state index in [4.69, 9.17) is 4.42 Å². The first-order chi connectivity index (χ1) is 9.13. The highest BCUT2D eigenvalue weighted by Gasteiger charge is 2.06. The van der Waals surface area contributed by atoms with E-state index >= 15 is 0 Å². The number of aromatic nitrogens is 2. The summed E-state index contributed by atoms with van der Waals surface area (Å²) in [5.74, 6) is 0.540. The average Bonchev–Trinajstić information content (AvgIpc) is 2.81. The number of hydrogen-bond donors (Lipinski definition) is 1. The topological polar surface area (TPSA) is 68.0 Å². The first kappa shape index (κ1) is 13.2. The Morgan fingerprint density at radius 3 is 2.68 bits per heavy atom. The Hall–Kier alpha value is -2.24. The summed E-state index contributed by atoms with van der Waals surface area (Å²) >= 11 is 0. The largest absolute Gasteiger partial charge is 0.426 e. The van der Waals surface area contributed by atoms with Crippen molar-refractivity contribution in [2.75, 3.05) is 0 Å². The quantitative estimate of drug-likeness (QED) is 0.892. The molecule has 0 atom stereocenters. The first-order valence-electron chi connectivity index (χ1n) is 5.93. The van der Waals surface area contributed by atoms with Gasteiger partial charge in [0.25, 0.3) is 0 Å².